The number of nitrogens with zero attached hydrogens (tertiary/aromatic N) is 1. The first-order valence-corrected chi connectivity index (χ1v) is 9.60. The van der Waals surface area contributed by atoms with Crippen molar-refractivity contribution in [1.82, 2.24) is 0 Å². The molecule has 0 bridgehead atoms. The summed E-state index contributed by atoms with van der Waals surface area (Å²) in [6.45, 7) is 1.57. The SMILES string of the molecule is CC(OC(=O)C1CC(=O)N(c2ccccc2Cl)C1)C(=O)Nc1ccc(C(N)=O)cc1. The van der Waals surface area contributed by atoms with Gasteiger partial charge in [0.2, 0.25) is 11.8 Å². The lowest BCUT2D eigenvalue weighted by molar-refractivity contribution is -0.157. The van der Waals surface area contributed by atoms with E-state index < -0.39 is 29.8 Å². The molecule has 0 radical (unpaired) electrons. The second-order valence-corrected chi connectivity index (χ2v) is 7.27. The van der Waals surface area contributed by atoms with Gasteiger partial charge in [-0.05, 0) is 43.3 Å². The molecule has 3 amide bonds. The quantitative estimate of drug-likeness (QED) is 0.683. The summed E-state index contributed by atoms with van der Waals surface area (Å²) in [5.74, 6) is -2.69. The Morgan fingerprint density at radius 3 is 2.47 bits per heavy atom. The first-order valence-electron chi connectivity index (χ1n) is 9.22. The summed E-state index contributed by atoms with van der Waals surface area (Å²) >= 11 is 6.14. The van der Waals surface area contributed by atoms with Crippen molar-refractivity contribution in [2.45, 2.75) is 19.4 Å². The maximum absolute atomic E-state index is 12.5. The molecule has 2 unspecified atom stereocenters. The number of halogens is 1. The fourth-order valence-corrected chi connectivity index (χ4v) is 3.29. The van der Waals surface area contributed by atoms with E-state index in [1.165, 1.54) is 36.1 Å². The molecule has 0 saturated carbocycles. The third-order valence-corrected chi connectivity index (χ3v) is 5.02. The minimum atomic E-state index is -1.07. The van der Waals surface area contributed by atoms with E-state index in [-0.39, 0.29) is 18.9 Å². The average Bonchev–Trinajstić information content (AvgIpc) is 3.10. The normalized spacial score (nSPS) is 16.8. The van der Waals surface area contributed by atoms with Gasteiger partial charge in [-0.15, -0.1) is 0 Å². The number of para-hydroxylation sites is 1. The predicted molar refractivity (Wildman–Crippen MR) is 111 cm³/mol. The third kappa shape index (κ3) is 4.77. The van der Waals surface area contributed by atoms with E-state index in [9.17, 15) is 19.2 Å². The van der Waals surface area contributed by atoms with E-state index in [0.717, 1.165) is 0 Å². The van der Waals surface area contributed by atoms with Crippen molar-refractivity contribution in [2.75, 3.05) is 16.8 Å². The Morgan fingerprint density at radius 1 is 1.17 bits per heavy atom. The number of anilines is 2. The largest absolute Gasteiger partial charge is 0.452 e. The summed E-state index contributed by atoms with van der Waals surface area (Å²) in [6, 6.07) is 12.9. The number of nitrogens with two attached hydrogens (primary N) is 1. The molecule has 1 heterocycles. The summed E-state index contributed by atoms with van der Waals surface area (Å²) in [6.07, 6.45) is -1.09. The van der Waals surface area contributed by atoms with Crippen molar-refractivity contribution >= 4 is 46.7 Å². The molecule has 2 aromatic rings. The highest BCUT2D eigenvalue weighted by Crippen LogP contribution is 2.31. The summed E-state index contributed by atoms with van der Waals surface area (Å²) < 4.78 is 5.26. The number of primary amides is 1. The fraction of sp³-hybridized carbons (Fsp3) is 0.238. The number of esters is 1. The van der Waals surface area contributed by atoms with Gasteiger partial charge in [0.05, 0.1) is 16.6 Å². The van der Waals surface area contributed by atoms with Crippen LogP contribution in [-0.2, 0) is 19.1 Å². The minimum absolute atomic E-state index is 0.0209. The van der Waals surface area contributed by atoms with Crippen LogP contribution >= 0.6 is 11.6 Å². The molecule has 1 aliphatic rings. The van der Waals surface area contributed by atoms with Crippen LogP contribution in [-0.4, -0.2) is 36.3 Å². The van der Waals surface area contributed by atoms with E-state index in [1.807, 2.05) is 0 Å². The summed E-state index contributed by atoms with van der Waals surface area (Å²) in [5, 5.41) is 3.00. The lowest BCUT2D eigenvalue weighted by Crippen LogP contribution is -2.33. The average molecular weight is 430 g/mol. The number of amides is 3. The minimum Gasteiger partial charge on any atom is -0.452 e. The van der Waals surface area contributed by atoms with Gasteiger partial charge in [-0.2, -0.15) is 0 Å². The van der Waals surface area contributed by atoms with Gasteiger partial charge in [-0.1, -0.05) is 23.7 Å². The first-order chi connectivity index (χ1) is 14.3. The second-order valence-electron chi connectivity index (χ2n) is 6.87. The fourth-order valence-electron chi connectivity index (χ4n) is 3.05. The van der Waals surface area contributed by atoms with Gasteiger partial charge in [-0.3, -0.25) is 19.2 Å². The van der Waals surface area contributed by atoms with E-state index in [1.54, 1.807) is 24.3 Å². The highest BCUT2D eigenvalue weighted by Gasteiger charge is 2.38. The first kappa shape index (κ1) is 21.3. The highest BCUT2D eigenvalue weighted by molar-refractivity contribution is 6.33. The van der Waals surface area contributed by atoms with Crippen molar-refractivity contribution in [3.8, 4) is 0 Å². The molecule has 1 saturated heterocycles. The van der Waals surface area contributed by atoms with Crippen molar-refractivity contribution < 1.29 is 23.9 Å². The number of nitrogens with one attached hydrogen (secondary N) is 1. The summed E-state index contributed by atoms with van der Waals surface area (Å²) in [7, 11) is 0. The number of benzene rings is 2. The van der Waals surface area contributed by atoms with E-state index in [0.29, 0.717) is 22.0 Å². The van der Waals surface area contributed by atoms with Crippen LogP contribution < -0.4 is 16.0 Å². The number of carbonyl (C=O) groups is 4. The molecule has 156 valence electrons. The predicted octanol–water partition coefficient (Wildman–Crippen LogP) is 2.36. The zero-order valence-electron chi connectivity index (χ0n) is 16.1. The molecular weight excluding hydrogens is 410 g/mol. The van der Waals surface area contributed by atoms with Crippen LogP contribution in [0.1, 0.15) is 23.7 Å². The van der Waals surface area contributed by atoms with Crippen LogP contribution in [0.25, 0.3) is 0 Å². The number of hydrogen-bond acceptors (Lipinski definition) is 5. The molecule has 1 aliphatic heterocycles. The van der Waals surface area contributed by atoms with Gasteiger partial charge in [0, 0.05) is 24.2 Å². The molecule has 0 aliphatic carbocycles. The molecule has 30 heavy (non-hydrogen) atoms. The van der Waals surface area contributed by atoms with E-state index in [4.69, 9.17) is 22.1 Å². The van der Waals surface area contributed by atoms with E-state index in [2.05, 4.69) is 5.32 Å². The Kier molecular flexibility index (Phi) is 6.37. The molecule has 2 aromatic carbocycles. The molecule has 0 spiro atoms. The van der Waals surface area contributed by atoms with Gasteiger partial charge >= 0.3 is 5.97 Å². The molecular formula is C21H20ClN3O5. The van der Waals surface area contributed by atoms with Crippen molar-refractivity contribution in [3.63, 3.8) is 0 Å². The topological polar surface area (TPSA) is 119 Å². The Bertz CT molecular complexity index is 992. The zero-order chi connectivity index (χ0) is 21.8. The summed E-state index contributed by atoms with van der Waals surface area (Å²) in [5.41, 5.74) is 6.44. The van der Waals surface area contributed by atoms with Gasteiger partial charge in [0.25, 0.3) is 5.91 Å². The maximum Gasteiger partial charge on any atom is 0.312 e. The van der Waals surface area contributed by atoms with Gasteiger partial charge < -0.3 is 20.7 Å². The lowest BCUT2D eigenvalue weighted by Gasteiger charge is -2.19. The van der Waals surface area contributed by atoms with Crippen molar-refractivity contribution in [2.24, 2.45) is 11.7 Å². The Morgan fingerprint density at radius 2 is 1.83 bits per heavy atom. The molecule has 1 fully saturated rings. The van der Waals surface area contributed by atoms with Crippen molar-refractivity contribution in [1.29, 1.82) is 0 Å². The molecule has 9 heteroatoms. The Labute approximate surface area is 177 Å². The van der Waals surface area contributed by atoms with Gasteiger partial charge in [0.15, 0.2) is 6.10 Å². The molecule has 8 nitrogen and oxygen atoms in total. The van der Waals surface area contributed by atoms with Crippen LogP contribution in [0.4, 0.5) is 11.4 Å². The number of carbonyl (C=O) groups excluding carboxylic acids is 4. The third-order valence-electron chi connectivity index (χ3n) is 4.70. The molecule has 3 rings (SSSR count). The lowest BCUT2D eigenvalue weighted by atomic mass is 10.1. The van der Waals surface area contributed by atoms with Crippen LogP contribution in [0.2, 0.25) is 5.02 Å². The summed E-state index contributed by atoms with van der Waals surface area (Å²) in [4.78, 5) is 49.6. The highest BCUT2D eigenvalue weighted by atomic mass is 35.5. The smallest absolute Gasteiger partial charge is 0.312 e. The monoisotopic (exact) mass is 429 g/mol. The molecule has 3 N–H and O–H groups in total. The van der Waals surface area contributed by atoms with E-state index >= 15 is 0 Å². The standard InChI is InChI=1S/C21H20ClN3O5/c1-12(20(28)24-15-8-6-13(7-9-15)19(23)27)30-21(29)14-10-18(26)25(11-14)17-5-3-2-4-16(17)22/h2-9,12,14H,10-11H2,1H3,(H2,23,27)(H,24,28). The number of hydrogen-bond donors (Lipinski definition) is 2. The van der Waals surface area contributed by atoms with Crippen LogP contribution in [0.3, 0.4) is 0 Å². The van der Waals surface area contributed by atoms with Gasteiger partial charge in [-0.25, -0.2) is 0 Å². The molecule has 2 atom stereocenters. The van der Waals surface area contributed by atoms with Crippen molar-refractivity contribution in [3.05, 3.63) is 59.1 Å². The van der Waals surface area contributed by atoms with Gasteiger partial charge in [0.1, 0.15) is 0 Å². The van der Waals surface area contributed by atoms with Crippen LogP contribution in [0.5, 0.6) is 0 Å². The Hall–Kier alpha value is -3.39. The maximum atomic E-state index is 12.5. The van der Waals surface area contributed by atoms with Crippen LogP contribution in [0.15, 0.2) is 48.5 Å². The molecule has 0 aromatic heterocycles. The second kappa shape index (κ2) is 8.96. The number of ether oxygens (including phenoxy) is 1. The Balaban J connectivity index is 1.57. The number of rotatable bonds is 6. The van der Waals surface area contributed by atoms with Crippen LogP contribution in [0, 0.1) is 5.92 Å². The zero-order valence-corrected chi connectivity index (χ0v) is 16.9.